The average molecular weight is 602 g/mol. The van der Waals surface area contributed by atoms with Crippen molar-refractivity contribution in [3.63, 3.8) is 0 Å². The third kappa shape index (κ3) is 14.2. The summed E-state index contributed by atoms with van der Waals surface area (Å²) in [7, 11) is 0. The Hall–Kier alpha value is -3.15. The number of unbranched alkanes of at least 4 members (excludes halogenated alkanes) is 2. The summed E-state index contributed by atoms with van der Waals surface area (Å²) in [6.45, 7) is 13.1. The van der Waals surface area contributed by atoms with Crippen molar-refractivity contribution in [1.82, 2.24) is 15.4 Å². The molecule has 0 aromatic carbocycles. The predicted octanol–water partition coefficient (Wildman–Crippen LogP) is 5.02. The van der Waals surface area contributed by atoms with Gasteiger partial charge in [0, 0.05) is 56.0 Å². The Labute approximate surface area is 247 Å². The number of hydrogen-bond donors (Lipinski definition) is 4. The van der Waals surface area contributed by atoms with Gasteiger partial charge in [-0.15, -0.1) is 11.3 Å². The summed E-state index contributed by atoms with van der Waals surface area (Å²) in [6, 6.07) is 2.30. The molecule has 1 atom stereocenters. The number of alkyl halides is 2. The van der Waals surface area contributed by atoms with Crippen LogP contribution in [0.3, 0.4) is 0 Å². The third-order valence-electron chi connectivity index (χ3n) is 7.01. The first-order valence-corrected chi connectivity index (χ1v) is 14.5. The molecule has 1 aromatic rings. The molecule has 0 aliphatic rings. The van der Waals surface area contributed by atoms with E-state index < -0.39 is 46.6 Å². The zero-order chi connectivity index (χ0) is 32.0. The third-order valence-corrected chi connectivity index (χ3v) is 7.01. The molecule has 10 nitrogen and oxygen atoms in total. The van der Waals surface area contributed by atoms with Crippen molar-refractivity contribution < 1.29 is 43.0 Å². The SMILES string of the molecule is C=CCCCCC(CC(=O)NC(C)(C)CCOC(C)(C)CCNC(=O)CCC(=O)On1c(O)ccc1O)C(F)(F)CC. The van der Waals surface area contributed by atoms with Gasteiger partial charge in [-0.1, -0.05) is 19.4 Å². The second-order valence-corrected chi connectivity index (χ2v) is 11.8. The molecular formula is C30H49F2N3O7. The van der Waals surface area contributed by atoms with E-state index in [1.165, 1.54) is 6.92 Å². The summed E-state index contributed by atoms with van der Waals surface area (Å²) < 4.78 is 35.5. The molecule has 12 heteroatoms. The van der Waals surface area contributed by atoms with Gasteiger partial charge in [-0.3, -0.25) is 9.59 Å². The van der Waals surface area contributed by atoms with Crippen molar-refractivity contribution in [2.45, 2.75) is 116 Å². The van der Waals surface area contributed by atoms with Gasteiger partial charge in [-0.2, -0.15) is 0 Å². The summed E-state index contributed by atoms with van der Waals surface area (Å²) in [5.41, 5.74) is -1.27. The van der Waals surface area contributed by atoms with E-state index in [1.54, 1.807) is 6.08 Å². The maximum Gasteiger partial charge on any atom is 0.333 e. The second-order valence-electron chi connectivity index (χ2n) is 11.8. The van der Waals surface area contributed by atoms with Crippen LogP contribution in [0.1, 0.15) is 98.8 Å². The fraction of sp³-hybridized carbons (Fsp3) is 0.700. The Morgan fingerprint density at radius 1 is 1.05 bits per heavy atom. The van der Waals surface area contributed by atoms with Crippen LogP contribution in [0, 0.1) is 5.92 Å². The number of carbonyl (C=O) groups excluding carboxylic acids is 3. The summed E-state index contributed by atoms with van der Waals surface area (Å²) >= 11 is 0. The van der Waals surface area contributed by atoms with Gasteiger partial charge in [-0.25, -0.2) is 13.6 Å². The number of hydrogen-bond acceptors (Lipinski definition) is 7. The van der Waals surface area contributed by atoms with Gasteiger partial charge >= 0.3 is 5.97 Å². The van der Waals surface area contributed by atoms with Crippen LogP contribution in [0.2, 0.25) is 0 Å². The minimum absolute atomic E-state index is 0.142. The van der Waals surface area contributed by atoms with Crippen molar-refractivity contribution in [2.24, 2.45) is 5.92 Å². The van der Waals surface area contributed by atoms with Crippen molar-refractivity contribution in [2.75, 3.05) is 13.2 Å². The van der Waals surface area contributed by atoms with Crippen LogP contribution < -0.4 is 15.5 Å². The predicted molar refractivity (Wildman–Crippen MR) is 155 cm³/mol. The van der Waals surface area contributed by atoms with E-state index >= 15 is 0 Å². The average Bonchev–Trinajstić information content (AvgIpc) is 3.20. The van der Waals surface area contributed by atoms with E-state index in [0.29, 0.717) is 37.1 Å². The Morgan fingerprint density at radius 3 is 2.29 bits per heavy atom. The first-order valence-electron chi connectivity index (χ1n) is 14.5. The largest absolute Gasteiger partial charge is 0.492 e. The molecule has 0 radical (unpaired) electrons. The molecule has 240 valence electrons. The van der Waals surface area contributed by atoms with E-state index in [-0.39, 0.29) is 38.0 Å². The van der Waals surface area contributed by atoms with Gasteiger partial charge < -0.3 is 30.4 Å². The summed E-state index contributed by atoms with van der Waals surface area (Å²) in [5.74, 6) is -6.40. The van der Waals surface area contributed by atoms with Gasteiger partial charge in [0.05, 0.1) is 12.0 Å². The second kappa shape index (κ2) is 17.1. The number of carbonyl (C=O) groups is 3. The lowest BCUT2D eigenvalue weighted by Crippen LogP contribution is -2.46. The number of nitrogens with one attached hydrogen (secondary N) is 2. The zero-order valence-electron chi connectivity index (χ0n) is 25.6. The molecule has 0 aliphatic carbocycles. The fourth-order valence-corrected chi connectivity index (χ4v) is 4.25. The van der Waals surface area contributed by atoms with E-state index in [1.807, 2.05) is 27.7 Å². The molecule has 1 heterocycles. The van der Waals surface area contributed by atoms with Crippen LogP contribution in [0.15, 0.2) is 24.8 Å². The van der Waals surface area contributed by atoms with Crippen LogP contribution in [0.25, 0.3) is 0 Å². The molecule has 1 aromatic heterocycles. The number of aromatic nitrogens is 1. The molecule has 1 rings (SSSR count). The highest BCUT2D eigenvalue weighted by Gasteiger charge is 2.39. The number of amides is 2. The molecule has 0 fully saturated rings. The summed E-state index contributed by atoms with van der Waals surface area (Å²) in [4.78, 5) is 41.5. The van der Waals surface area contributed by atoms with Crippen molar-refractivity contribution in [3.8, 4) is 11.8 Å². The smallest absolute Gasteiger partial charge is 0.333 e. The number of rotatable bonds is 21. The molecule has 0 aliphatic heterocycles. The maximum absolute atomic E-state index is 14.5. The molecule has 0 saturated carbocycles. The van der Waals surface area contributed by atoms with Gasteiger partial charge in [-0.05, 0) is 59.8 Å². The lowest BCUT2D eigenvalue weighted by atomic mass is 9.89. The van der Waals surface area contributed by atoms with Crippen molar-refractivity contribution in [3.05, 3.63) is 24.8 Å². The lowest BCUT2D eigenvalue weighted by Gasteiger charge is -2.32. The van der Waals surface area contributed by atoms with E-state index in [9.17, 15) is 33.4 Å². The molecule has 0 spiro atoms. The topological polar surface area (TPSA) is 139 Å². The number of nitrogens with zero attached hydrogens (tertiary/aromatic N) is 1. The normalized spacial score (nSPS) is 12.9. The molecule has 0 bridgehead atoms. The molecule has 2 amide bonds. The number of aromatic hydroxyl groups is 2. The van der Waals surface area contributed by atoms with E-state index in [0.717, 1.165) is 25.0 Å². The van der Waals surface area contributed by atoms with Crippen LogP contribution in [0.4, 0.5) is 8.78 Å². The Kier molecular flexibility index (Phi) is 15.0. The van der Waals surface area contributed by atoms with Crippen LogP contribution in [-0.2, 0) is 19.1 Å². The highest BCUT2D eigenvalue weighted by atomic mass is 19.3. The van der Waals surface area contributed by atoms with E-state index in [4.69, 9.17) is 9.57 Å². The highest BCUT2D eigenvalue weighted by molar-refractivity contribution is 5.81. The molecule has 4 N–H and O–H groups in total. The minimum atomic E-state index is -2.90. The van der Waals surface area contributed by atoms with Crippen molar-refractivity contribution >= 4 is 17.8 Å². The monoisotopic (exact) mass is 601 g/mol. The fourth-order valence-electron chi connectivity index (χ4n) is 4.25. The van der Waals surface area contributed by atoms with Gasteiger partial charge in [0.15, 0.2) is 0 Å². The Morgan fingerprint density at radius 2 is 1.69 bits per heavy atom. The summed E-state index contributed by atoms with van der Waals surface area (Å²) in [6.07, 6.45) is 4.18. The van der Waals surface area contributed by atoms with Gasteiger partial charge in [0.25, 0.3) is 5.92 Å². The highest BCUT2D eigenvalue weighted by Crippen LogP contribution is 2.34. The van der Waals surface area contributed by atoms with E-state index in [2.05, 4.69) is 17.2 Å². The van der Waals surface area contributed by atoms with Gasteiger partial charge in [0.2, 0.25) is 23.6 Å². The standard InChI is InChI=1S/C30H49F2N3O7/c1-7-9-10-11-12-22(30(31,32)8-2)21-24(37)34-28(3,4)18-20-41-29(5,6)17-19-33-23(36)13-16-27(40)42-35-25(38)14-15-26(35)39/h7,14-15,22,38-39H,1,8-13,16-21H2,2-6H3,(H,33,36)(H,34,37). The maximum atomic E-state index is 14.5. The van der Waals surface area contributed by atoms with Gasteiger partial charge in [0.1, 0.15) is 0 Å². The minimum Gasteiger partial charge on any atom is -0.492 e. The number of halogens is 2. The Balaban J connectivity index is 2.39. The quantitative estimate of drug-likeness (QED) is 0.115. The number of allylic oxidation sites excluding steroid dienone is 1. The van der Waals surface area contributed by atoms with Crippen LogP contribution in [-0.4, -0.2) is 62.9 Å². The zero-order valence-corrected chi connectivity index (χ0v) is 25.6. The summed E-state index contributed by atoms with van der Waals surface area (Å²) in [5, 5.41) is 24.6. The number of ether oxygens (including phenoxy) is 1. The first-order chi connectivity index (χ1) is 19.5. The Bertz CT molecular complexity index is 1010. The molecule has 1 unspecified atom stereocenters. The van der Waals surface area contributed by atoms with Crippen molar-refractivity contribution in [1.29, 1.82) is 0 Å². The molecular weight excluding hydrogens is 552 g/mol. The molecule has 42 heavy (non-hydrogen) atoms. The van der Waals surface area contributed by atoms with Crippen LogP contribution >= 0.6 is 0 Å². The lowest BCUT2D eigenvalue weighted by molar-refractivity contribution is -0.146. The first kappa shape index (κ1) is 36.9. The molecule has 0 saturated heterocycles. The van der Waals surface area contributed by atoms with Crippen LogP contribution in [0.5, 0.6) is 11.8 Å².